The molecule has 1 unspecified atom stereocenters. The first-order valence-corrected chi connectivity index (χ1v) is 6.69. The molecule has 98 valence electrons. The molecular weight excluding hydrogens is 218 g/mol. The van der Waals surface area contributed by atoms with Crippen molar-refractivity contribution in [2.75, 3.05) is 6.61 Å². The number of aliphatic hydroxyl groups excluding tert-OH is 2. The Labute approximate surface area is 102 Å². The fourth-order valence-electron chi connectivity index (χ4n) is 3.81. The summed E-state index contributed by atoms with van der Waals surface area (Å²) in [5.74, 6) is 1.25. The Morgan fingerprint density at radius 2 is 2.12 bits per heavy atom. The number of amides is 1. The van der Waals surface area contributed by atoms with Gasteiger partial charge in [0.05, 0.1) is 6.10 Å². The van der Waals surface area contributed by atoms with Crippen molar-refractivity contribution in [2.24, 2.45) is 17.8 Å². The second-order valence-electron chi connectivity index (χ2n) is 5.56. The Kier molecular flexibility index (Phi) is 4.05. The second kappa shape index (κ2) is 5.36. The zero-order valence-electron chi connectivity index (χ0n) is 10.4. The normalized spacial score (nSPS) is 40.3. The number of carbonyl (C=O) groups excluding carboxylic acids is 1. The molecule has 0 aromatic heterocycles. The molecule has 0 aliphatic heterocycles. The Bertz CT molecular complexity index is 282. The summed E-state index contributed by atoms with van der Waals surface area (Å²) in [6.45, 7) is 1.77. The molecule has 2 aliphatic rings. The number of fused-ring (bicyclic) bond motifs is 1. The summed E-state index contributed by atoms with van der Waals surface area (Å²) >= 11 is 0. The van der Waals surface area contributed by atoms with Crippen LogP contribution in [0.2, 0.25) is 0 Å². The minimum atomic E-state index is -0.185. The molecule has 5 atom stereocenters. The van der Waals surface area contributed by atoms with Crippen molar-refractivity contribution in [3.05, 3.63) is 0 Å². The van der Waals surface area contributed by atoms with E-state index in [-0.39, 0.29) is 24.7 Å². The molecule has 17 heavy (non-hydrogen) atoms. The van der Waals surface area contributed by atoms with Gasteiger partial charge in [0, 0.05) is 19.6 Å². The SMILES string of the molecule is CC(=O)N[C@@H]1[C@@H](CCCO)CC2[C@H](O)CC[C@@H]21. The van der Waals surface area contributed by atoms with E-state index in [4.69, 9.17) is 5.11 Å². The molecule has 0 aromatic rings. The van der Waals surface area contributed by atoms with Gasteiger partial charge in [-0.2, -0.15) is 0 Å². The molecule has 3 N–H and O–H groups in total. The maximum Gasteiger partial charge on any atom is 0.217 e. The number of carbonyl (C=O) groups is 1. The minimum Gasteiger partial charge on any atom is -0.396 e. The Hall–Kier alpha value is -0.610. The average Bonchev–Trinajstić information content (AvgIpc) is 2.78. The van der Waals surface area contributed by atoms with Crippen LogP contribution in [0.5, 0.6) is 0 Å². The molecule has 2 rings (SSSR count). The molecule has 1 amide bonds. The Balaban J connectivity index is 2.02. The van der Waals surface area contributed by atoms with Gasteiger partial charge in [0.25, 0.3) is 0 Å². The van der Waals surface area contributed by atoms with E-state index in [1.165, 1.54) is 0 Å². The molecule has 0 spiro atoms. The fraction of sp³-hybridized carbons (Fsp3) is 0.923. The molecular formula is C13H23NO3. The molecule has 2 aliphatic carbocycles. The van der Waals surface area contributed by atoms with Crippen LogP contribution in [0, 0.1) is 17.8 Å². The highest BCUT2D eigenvalue weighted by Gasteiger charge is 2.49. The topological polar surface area (TPSA) is 69.6 Å². The summed E-state index contributed by atoms with van der Waals surface area (Å²) in [5.41, 5.74) is 0. The van der Waals surface area contributed by atoms with Gasteiger partial charge in [-0.15, -0.1) is 0 Å². The summed E-state index contributed by atoms with van der Waals surface area (Å²) in [4.78, 5) is 11.3. The molecule has 2 saturated carbocycles. The van der Waals surface area contributed by atoms with E-state index in [9.17, 15) is 9.90 Å². The van der Waals surface area contributed by atoms with Crippen molar-refractivity contribution in [3.63, 3.8) is 0 Å². The number of hydrogen-bond donors (Lipinski definition) is 3. The molecule has 0 bridgehead atoms. The van der Waals surface area contributed by atoms with Crippen molar-refractivity contribution >= 4 is 5.91 Å². The highest BCUT2D eigenvalue weighted by molar-refractivity contribution is 5.73. The van der Waals surface area contributed by atoms with Crippen LogP contribution in [0.15, 0.2) is 0 Å². The van der Waals surface area contributed by atoms with Gasteiger partial charge in [-0.3, -0.25) is 4.79 Å². The van der Waals surface area contributed by atoms with E-state index >= 15 is 0 Å². The standard InChI is InChI=1S/C13H23NO3/c1-8(16)14-13-9(3-2-6-15)7-11-10(13)4-5-12(11)17/h9-13,15,17H,2-7H2,1H3,(H,14,16)/t9-,10-,11?,12+,13+/m0/s1. The minimum absolute atomic E-state index is 0.0195. The van der Waals surface area contributed by atoms with Crippen LogP contribution in [-0.4, -0.2) is 34.9 Å². The highest BCUT2D eigenvalue weighted by Crippen LogP contribution is 2.48. The molecule has 2 fully saturated rings. The molecule has 0 saturated heterocycles. The van der Waals surface area contributed by atoms with Crippen molar-refractivity contribution in [1.29, 1.82) is 0 Å². The lowest BCUT2D eigenvalue weighted by molar-refractivity contribution is -0.120. The number of nitrogens with one attached hydrogen (secondary N) is 1. The lowest BCUT2D eigenvalue weighted by atomic mass is 9.92. The zero-order chi connectivity index (χ0) is 12.4. The number of rotatable bonds is 4. The lowest BCUT2D eigenvalue weighted by Crippen LogP contribution is -2.40. The van der Waals surface area contributed by atoms with E-state index in [1.807, 2.05) is 0 Å². The van der Waals surface area contributed by atoms with Crippen LogP contribution in [0.4, 0.5) is 0 Å². The first-order chi connectivity index (χ1) is 8.13. The maximum atomic E-state index is 11.3. The van der Waals surface area contributed by atoms with Crippen LogP contribution in [0.3, 0.4) is 0 Å². The van der Waals surface area contributed by atoms with Gasteiger partial charge in [0.1, 0.15) is 0 Å². The third-order valence-corrected chi connectivity index (χ3v) is 4.49. The summed E-state index contributed by atoms with van der Waals surface area (Å²) in [6, 6.07) is 0.209. The number of aliphatic hydroxyl groups is 2. The third-order valence-electron chi connectivity index (χ3n) is 4.49. The molecule has 4 heteroatoms. The van der Waals surface area contributed by atoms with Crippen LogP contribution < -0.4 is 5.32 Å². The first-order valence-electron chi connectivity index (χ1n) is 6.69. The molecule has 0 heterocycles. The maximum absolute atomic E-state index is 11.3. The van der Waals surface area contributed by atoms with Crippen LogP contribution >= 0.6 is 0 Å². The predicted octanol–water partition coefficient (Wildman–Crippen LogP) is 0.671. The number of hydrogen-bond acceptors (Lipinski definition) is 3. The Morgan fingerprint density at radius 1 is 1.35 bits per heavy atom. The average molecular weight is 241 g/mol. The summed E-state index contributed by atoms with van der Waals surface area (Å²) in [5, 5.41) is 21.9. The summed E-state index contributed by atoms with van der Waals surface area (Å²) in [7, 11) is 0. The third kappa shape index (κ3) is 2.63. The van der Waals surface area contributed by atoms with Gasteiger partial charge in [0.15, 0.2) is 0 Å². The van der Waals surface area contributed by atoms with Crippen molar-refractivity contribution in [3.8, 4) is 0 Å². The quantitative estimate of drug-likeness (QED) is 0.677. The predicted molar refractivity (Wildman–Crippen MR) is 64.3 cm³/mol. The van der Waals surface area contributed by atoms with Crippen molar-refractivity contribution < 1.29 is 15.0 Å². The van der Waals surface area contributed by atoms with Crippen molar-refractivity contribution in [1.82, 2.24) is 5.32 Å². The van der Waals surface area contributed by atoms with Crippen LogP contribution in [0.1, 0.15) is 39.0 Å². The fourth-order valence-corrected chi connectivity index (χ4v) is 3.81. The monoisotopic (exact) mass is 241 g/mol. The first kappa shape index (κ1) is 12.8. The van der Waals surface area contributed by atoms with Gasteiger partial charge in [-0.1, -0.05) is 0 Å². The Morgan fingerprint density at radius 3 is 2.76 bits per heavy atom. The molecule has 4 nitrogen and oxygen atoms in total. The summed E-state index contributed by atoms with van der Waals surface area (Å²) < 4.78 is 0. The van der Waals surface area contributed by atoms with Crippen LogP contribution in [-0.2, 0) is 4.79 Å². The van der Waals surface area contributed by atoms with E-state index in [0.717, 1.165) is 32.1 Å². The lowest BCUT2D eigenvalue weighted by Gasteiger charge is -2.24. The second-order valence-corrected chi connectivity index (χ2v) is 5.56. The van der Waals surface area contributed by atoms with E-state index in [0.29, 0.717) is 17.8 Å². The molecule has 0 radical (unpaired) electrons. The summed E-state index contributed by atoms with van der Waals surface area (Å²) in [6.07, 6.45) is 4.44. The highest BCUT2D eigenvalue weighted by atomic mass is 16.3. The van der Waals surface area contributed by atoms with Gasteiger partial charge >= 0.3 is 0 Å². The zero-order valence-corrected chi connectivity index (χ0v) is 10.4. The largest absolute Gasteiger partial charge is 0.396 e. The van der Waals surface area contributed by atoms with E-state index in [1.54, 1.807) is 6.92 Å². The van der Waals surface area contributed by atoms with Gasteiger partial charge in [-0.05, 0) is 49.9 Å². The van der Waals surface area contributed by atoms with Crippen molar-refractivity contribution in [2.45, 2.75) is 51.2 Å². The molecule has 0 aromatic carbocycles. The smallest absolute Gasteiger partial charge is 0.217 e. The van der Waals surface area contributed by atoms with Gasteiger partial charge < -0.3 is 15.5 Å². The van der Waals surface area contributed by atoms with E-state index < -0.39 is 0 Å². The van der Waals surface area contributed by atoms with E-state index in [2.05, 4.69) is 5.32 Å². The van der Waals surface area contributed by atoms with Gasteiger partial charge in [-0.25, -0.2) is 0 Å². The van der Waals surface area contributed by atoms with Crippen LogP contribution in [0.25, 0.3) is 0 Å². The van der Waals surface area contributed by atoms with Gasteiger partial charge in [0.2, 0.25) is 5.91 Å².